The molecular formula is C16H24N2. The Kier molecular flexibility index (Phi) is 3.96. The molecule has 1 saturated heterocycles. The third kappa shape index (κ3) is 2.93. The minimum atomic E-state index is 0.876. The number of benzene rings is 1. The summed E-state index contributed by atoms with van der Waals surface area (Å²) in [4.78, 5) is 0. The maximum absolute atomic E-state index is 3.63. The number of nitrogens with one attached hydrogen (secondary N) is 2. The van der Waals surface area contributed by atoms with E-state index in [4.69, 9.17) is 0 Å². The maximum atomic E-state index is 3.63. The van der Waals surface area contributed by atoms with E-state index in [0.29, 0.717) is 0 Å². The van der Waals surface area contributed by atoms with Crippen LogP contribution in [0.2, 0.25) is 0 Å². The second-order valence-corrected chi connectivity index (χ2v) is 5.78. The molecule has 2 aliphatic rings. The van der Waals surface area contributed by atoms with Crippen molar-refractivity contribution in [3.05, 3.63) is 34.9 Å². The summed E-state index contributed by atoms with van der Waals surface area (Å²) < 4.78 is 0. The third-order valence-corrected chi connectivity index (χ3v) is 4.38. The van der Waals surface area contributed by atoms with Crippen molar-refractivity contribution in [2.45, 2.75) is 38.6 Å². The minimum absolute atomic E-state index is 0.876. The lowest BCUT2D eigenvalue weighted by Gasteiger charge is -2.22. The average molecular weight is 244 g/mol. The van der Waals surface area contributed by atoms with Gasteiger partial charge in [0.15, 0.2) is 0 Å². The zero-order chi connectivity index (χ0) is 12.2. The lowest BCUT2D eigenvalue weighted by Crippen LogP contribution is -2.33. The molecule has 0 radical (unpaired) electrons. The van der Waals surface area contributed by atoms with E-state index in [0.717, 1.165) is 12.5 Å². The van der Waals surface area contributed by atoms with E-state index < -0.39 is 0 Å². The summed E-state index contributed by atoms with van der Waals surface area (Å²) in [5.74, 6) is 0.876. The summed E-state index contributed by atoms with van der Waals surface area (Å²) in [6.45, 7) is 4.62. The summed E-state index contributed by atoms with van der Waals surface area (Å²) >= 11 is 0. The molecule has 98 valence electrons. The van der Waals surface area contributed by atoms with Crippen LogP contribution in [0.1, 0.15) is 36.0 Å². The van der Waals surface area contributed by atoms with E-state index in [2.05, 4.69) is 28.8 Å². The maximum Gasteiger partial charge on any atom is 0.0205 e. The molecule has 0 atom stereocenters. The number of fused-ring (bicyclic) bond motifs is 1. The third-order valence-electron chi connectivity index (χ3n) is 4.38. The quantitative estimate of drug-likeness (QED) is 0.849. The Balaban J connectivity index is 1.48. The second-order valence-electron chi connectivity index (χ2n) is 5.78. The van der Waals surface area contributed by atoms with E-state index in [-0.39, 0.29) is 0 Å². The average Bonchev–Trinajstić information content (AvgIpc) is 2.87. The Morgan fingerprint density at radius 2 is 1.94 bits per heavy atom. The lowest BCUT2D eigenvalue weighted by atomic mass is 9.98. The van der Waals surface area contributed by atoms with Gasteiger partial charge in [0.05, 0.1) is 0 Å². The molecule has 18 heavy (non-hydrogen) atoms. The van der Waals surface area contributed by atoms with Gasteiger partial charge in [0.25, 0.3) is 0 Å². The fourth-order valence-electron chi connectivity index (χ4n) is 3.24. The zero-order valence-electron chi connectivity index (χ0n) is 11.2. The lowest BCUT2D eigenvalue weighted by molar-refractivity contribution is 0.356. The molecule has 0 spiro atoms. The first-order chi connectivity index (χ1) is 8.92. The van der Waals surface area contributed by atoms with E-state index >= 15 is 0 Å². The first-order valence-electron chi connectivity index (χ1n) is 7.44. The predicted octanol–water partition coefficient (Wildman–Crippen LogP) is 2.26. The van der Waals surface area contributed by atoms with Crippen LogP contribution in [0.4, 0.5) is 0 Å². The molecule has 1 heterocycles. The fourth-order valence-corrected chi connectivity index (χ4v) is 3.24. The largest absolute Gasteiger partial charge is 0.317 e. The highest BCUT2D eigenvalue weighted by Crippen LogP contribution is 2.22. The number of hydrogen-bond acceptors (Lipinski definition) is 2. The van der Waals surface area contributed by atoms with Gasteiger partial charge in [-0.15, -0.1) is 0 Å². The molecule has 2 heteroatoms. The Hall–Kier alpha value is -0.860. The van der Waals surface area contributed by atoms with Crippen LogP contribution in [0.5, 0.6) is 0 Å². The van der Waals surface area contributed by atoms with Gasteiger partial charge in [-0.3, -0.25) is 0 Å². The van der Waals surface area contributed by atoms with Crippen molar-refractivity contribution in [2.24, 2.45) is 5.92 Å². The molecule has 0 saturated carbocycles. The predicted molar refractivity (Wildman–Crippen MR) is 75.8 cm³/mol. The van der Waals surface area contributed by atoms with Crippen molar-refractivity contribution in [1.29, 1.82) is 0 Å². The van der Waals surface area contributed by atoms with Crippen LogP contribution < -0.4 is 10.6 Å². The van der Waals surface area contributed by atoms with Gasteiger partial charge >= 0.3 is 0 Å². The van der Waals surface area contributed by atoms with Gasteiger partial charge in [-0.25, -0.2) is 0 Å². The van der Waals surface area contributed by atoms with Crippen LogP contribution in [0.15, 0.2) is 18.2 Å². The smallest absolute Gasteiger partial charge is 0.0205 e. The molecule has 0 unspecified atom stereocenters. The topological polar surface area (TPSA) is 24.1 Å². The normalized spacial score (nSPS) is 20.0. The van der Waals surface area contributed by atoms with Crippen LogP contribution in [0, 0.1) is 5.92 Å². The van der Waals surface area contributed by atoms with E-state index in [1.807, 2.05) is 0 Å². The van der Waals surface area contributed by atoms with E-state index in [9.17, 15) is 0 Å². The monoisotopic (exact) mass is 244 g/mol. The standard InChI is InChI=1S/C16H24N2/c1-2-15-5-4-14(10-16(15)3-1)12-18-11-13-6-8-17-9-7-13/h4-5,10,13,17-18H,1-3,6-9,11-12H2. The van der Waals surface area contributed by atoms with Gasteiger partial charge in [-0.1, -0.05) is 18.2 Å². The molecule has 0 amide bonds. The zero-order valence-corrected chi connectivity index (χ0v) is 11.2. The van der Waals surface area contributed by atoms with Crippen LogP contribution in [-0.4, -0.2) is 19.6 Å². The van der Waals surface area contributed by atoms with Crippen molar-refractivity contribution in [2.75, 3.05) is 19.6 Å². The van der Waals surface area contributed by atoms with Gasteiger partial charge in [0, 0.05) is 6.54 Å². The number of hydrogen-bond donors (Lipinski definition) is 2. The highest BCUT2D eigenvalue weighted by molar-refractivity contribution is 5.35. The van der Waals surface area contributed by atoms with Gasteiger partial charge < -0.3 is 10.6 Å². The molecule has 2 N–H and O–H groups in total. The molecule has 1 aromatic carbocycles. The number of aryl methyl sites for hydroxylation is 2. The Bertz CT molecular complexity index is 394. The molecule has 2 nitrogen and oxygen atoms in total. The van der Waals surface area contributed by atoms with Crippen molar-refractivity contribution in [3.63, 3.8) is 0 Å². The summed E-state index contributed by atoms with van der Waals surface area (Å²) in [5, 5.41) is 7.06. The van der Waals surface area contributed by atoms with Gasteiger partial charge in [0.2, 0.25) is 0 Å². The van der Waals surface area contributed by atoms with E-state index in [1.165, 1.54) is 57.3 Å². The van der Waals surface area contributed by atoms with Gasteiger partial charge in [0.1, 0.15) is 0 Å². The van der Waals surface area contributed by atoms with Crippen molar-refractivity contribution >= 4 is 0 Å². The van der Waals surface area contributed by atoms with Crippen molar-refractivity contribution in [3.8, 4) is 0 Å². The summed E-state index contributed by atoms with van der Waals surface area (Å²) in [6, 6.07) is 7.06. The van der Waals surface area contributed by atoms with Crippen molar-refractivity contribution in [1.82, 2.24) is 10.6 Å². The fraction of sp³-hybridized carbons (Fsp3) is 0.625. The van der Waals surface area contributed by atoms with E-state index in [1.54, 1.807) is 11.1 Å². The molecular weight excluding hydrogens is 220 g/mol. The first-order valence-corrected chi connectivity index (χ1v) is 7.44. The molecule has 0 aromatic heterocycles. The summed E-state index contributed by atoms with van der Waals surface area (Å²) in [5.41, 5.74) is 4.64. The minimum Gasteiger partial charge on any atom is -0.317 e. The van der Waals surface area contributed by atoms with Gasteiger partial charge in [-0.05, 0) is 74.3 Å². The molecule has 1 aromatic rings. The Morgan fingerprint density at radius 1 is 1.11 bits per heavy atom. The SMILES string of the molecule is c1cc2c(cc1CNCC1CCNCC1)CCC2. The van der Waals surface area contributed by atoms with Gasteiger partial charge in [-0.2, -0.15) is 0 Å². The molecule has 1 aliphatic heterocycles. The Labute approximate surface area is 110 Å². The van der Waals surface area contributed by atoms with Crippen LogP contribution in [0.25, 0.3) is 0 Å². The summed E-state index contributed by atoms with van der Waals surface area (Å²) in [7, 11) is 0. The molecule has 1 aliphatic carbocycles. The van der Waals surface area contributed by atoms with Crippen LogP contribution in [0.3, 0.4) is 0 Å². The Morgan fingerprint density at radius 3 is 2.83 bits per heavy atom. The number of piperidine rings is 1. The summed E-state index contributed by atoms with van der Waals surface area (Å²) in [6.07, 6.45) is 6.59. The molecule has 0 bridgehead atoms. The highest BCUT2D eigenvalue weighted by Gasteiger charge is 2.13. The molecule has 1 fully saturated rings. The highest BCUT2D eigenvalue weighted by atomic mass is 14.9. The van der Waals surface area contributed by atoms with Crippen LogP contribution in [-0.2, 0) is 19.4 Å². The second kappa shape index (κ2) is 5.85. The van der Waals surface area contributed by atoms with Crippen LogP contribution >= 0.6 is 0 Å². The van der Waals surface area contributed by atoms with Crippen molar-refractivity contribution < 1.29 is 0 Å². The molecule has 3 rings (SSSR count). The first kappa shape index (κ1) is 12.2. The number of rotatable bonds is 4.